The Bertz CT molecular complexity index is 562. The molecule has 2 unspecified atom stereocenters. The first-order chi connectivity index (χ1) is 9.46. The van der Waals surface area contributed by atoms with Gasteiger partial charge in [0, 0.05) is 26.4 Å². The average Bonchev–Trinajstić information content (AvgIpc) is 2.47. The van der Waals surface area contributed by atoms with Gasteiger partial charge in [0.1, 0.15) is 5.82 Å². The highest BCUT2D eigenvalue weighted by Gasteiger charge is 2.34. The van der Waals surface area contributed by atoms with Crippen LogP contribution in [0.4, 0.5) is 5.82 Å². The number of sulfonamides is 1. The Labute approximate surface area is 119 Å². The van der Waals surface area contributed by atoms with Crippen molar-refractivity contribution < 1.29 is 13.5 Å². The van der Waals surface area contributed by atoms with E-state index >= 15 is 0 Å². The number of aromatic nitrogens is 1. The number of aliphatic hydroxyl groups is 1. The Balaban J connectivity index is 2.28. The van der Waals surface area contributed by atoms with E-state index in [4.69, 9.17) is 0 Å². The van der Waals surface area contributed by atoms with Gasteiger partial charge in [0.2, 0.25) is 10.0 Å². The number of hydrogen-bond donors (Lipinski definition) is 2. The van der Waals surface area contributed by atoms with E-state index in [-0.39, 0.29) is 10.9 Å². The molecule has 6 nitrogen and oxygen atoms in total. The molecule has 1 aromatic rings. The van der Waals surface area contributed by atoms with Gasteiger partial charge in [-0.3, -0.25) is 0 Å². The van der Waals surface area contributed by atoms with Gasteiger partial charge in [-0.05, 0) is 18.9 Å². The lowest BCUT2D eigenvalue weighted by Gasteiger charge is -2.34. The third kappa shape index (κ3) is 2.94. The molecule has 1 aromatic heterocycles. The third-order valence-corrected chi connectivity index (χ3v) is 5.70. The van der Waals surface area contributed by atoms with Gasteiger partial charge in [-0.25, -0.2) is 13.4 Å². The topological polar surface area (TPSA) is 82.5 Å². The number of pyridine rings is 1. The van der Waals surface area contributed by atoms with Gasteiger partial charge < -0.3 is 10.4 Å². The second-order valence-electron chi connectivity index (χ2n) is 5.07. The predicted octanol–water partition coefficient (Wildman–Crippen LogP) is 1.05. The lowest BCUT2D eigenvalue weighted by atomic mass is 9.93. The Kier molecular flexibility index (Phi) is 4.62. The van der Waals surface area contributed by atoms with Crippen molar-refractivity contribution in [2.24, 2.45) is 0 Å². The summed E-state index contributed by atoms with van der Waals surface area (Å²) in [5.41, 5.74) is 0. The van der Waals surface area contributed by atoms with Gasteiger partial charge in [0.05, 0.1) is 17.0 Å². The number of hydrogen-bond acceptors (Lipinski definition) is 5. The van der Waals surface area contributed by atoms with E-state index in [9.17, 15) is 13.5 Å². The fourth-order valence-corrected chi connectivity index (χ4v) is 4.00. The fraction of sp³-hybridized carbons (Fsp3) is 0.615. The third-order valence-electron chi connectivity index (χ3n) is 3.83. The summed E-state index contributed by atoms with van der Waals surface area (Å²) in [6, 6.07) is 2.63. The van der Waals surface area contributed by atoms with Crippen LogP contribution in [0.2, 0.25) is 0 Å². The van der Waals surface area contributed by atoms with Crippen molar-refractivity contribution in [2.75, 3.05) is 19.4 Å². The highest BCUT2D eigenvalue weighted by atomic mass is 32.2. The SMILES string of the molecule is CNc1cc(S(=O)(=O)N(C)C2CCCCC2O)ccn1. The molecule has 1 heterocycles. The lowest BCUT2D eigenvalue weighted by molar-refractivity contribution is 0.0638. The van der Waals surface area contributed by atoms with Crippen LogP contribution in [-0.2, 0) is 10.0 Å². The van der Waals surface area contributed by atoms with Crippen LogP contribution in [0.1, 0.15) is 25.7 Å². The maximum Gasteiger partial charge on any atom is 0.243 e. The van der Waals surface area contributed by atoms with Crippen molar-refractivity contribution in [1.82, 2.24) is 9.29 Å². The van der Waals surface area contributed by atoms with Gasteiger partial charge in [0.15, 0.2) is 0 Å². The molecule has 1 fully saturated rings. The van der Waals surface area contributed by atoms with Crippen molar-refractivity contribution in [1.29, 1.82) is 0 Å². The van der Waals surface area contributed by atoms with Crippen LogP contribution in [0, 0.1) is 0 Å². The summed E-state index contributed by atoms with van der Waals surface area (Å²) in [7, 11) is -0.387. The van der Waals surface area contributed by atoms with Crippen molar-refractivity contribution in [2.45, 2.75) is 42.7 Å². The minimum absolute atomic E-state index is 0.192. The molecule has 2 N–H and O–H groups in total. The van der Waals surface area contributed by atoms with E-state index in [1.54, 1.807) is 7.05 Å². The van der Waals surface area contributed by atoms with Crippen LogP contribution >= 0.6 is 0 Å². The monoisotopic (exact) mass is 299 g/mol. The van der Waals surface area contributed by atoms with Crippen molar-refractivity contribution in [3.63, 3.8) is 0 Å². The molecule has 1 aliphatic rings. The zero-order valence-corrected chi connectivity index (χ0v) is 12.6. The molecular formula is C13H21N3O3S. The van der Waals surface area contributed by atoms with E-state index < -0.39 is 16.1 Å². The normalized spacial score (nSPS) is 23.8. The summed E-state index contributed by atoms with van der Waals surface area (Å²) in [6.07, 6.45) is 4.12. The maximum absolute atomic E-state index is 12.6. The Morgan fingerprint density at radius 3 is 2.75 bits per heavy atom. The molecule has 2 atom stereocenters. The molecule has 20 heavy (non-hydrogen) atoms. The first-order valence-corrected chi connectivity index (χ1v) is 8.20. The molecule has 1 aliphatic carbocycles. The van der Waals surface area contributed by atoms with Crippen molar-refractivity contribution in [3.8, 4) is 0 Å². The smallest absolute Gasteiger partial charge is 0.243 e. The quantitative estimate of drug-likeness (QED) is 0.868. The Morgan fingerprint density at radius 1 is 1.40 bits per heavy atom. The average molecular weight is 299 g/mol. The standard InChI is InChI=1S/C13H21N3O3S/c1-14-13-9-10(7-8-15-13)20(18,19)16(2)11-5-3-4-6-12(11)17/h7-9,11-12,17H,3-6H2,1-2H3,(H,14,15). The summed E-state index contributed by atoms with van der Waals surface area (Å²) >= 11 is 0. The fourth-order valence-electron chi connectivity index (χ4n) is 2.57. The minimum Gasteiger partial charge on any atom is -0.391 e. The first-order valence-electron chi connectivity index (χ1n) is 6.76. The second kappa shape index (κ2) is 6.07. The molecule has 112 valence electrons. The minimum atomic E-state index is -3.61. The van der Waals surface area contributed by atoms with E-state index in [0.29, 0.717) is 18.7 Å². The zero-order chi connectivity index (χ0) is 14.8. The highest BCUT2D eigenvalue weighted by Crippen LogP contribution is 2.27. The van der Waals surface area contributed by atoms with Crippen LogP contribution < -0.4 is 5.32 Å². The molecule has 0 saturated heterocycles. The van der Waals surface area contributed by atoms with Crippen LogP contribution in [0.5, 0.6) is 0 Å². The molecule has 0 aliphatic heterocycles. The van der Waals surface area contributed by atoms with Crippen molar-refractivity contribution >= 4 is 15.8 Å². The first kappa shape index (κ1) is 15.2. The maximum atomic E-state index is 12.6. The molecule has 0 spiro atoms. The molecule has 1 saturated carbocycles. The van der Waals surface area contributed by atoms with Crippen LogP contribution in [0.15, 0.2) is 23.2 Å². The van der Waals surface area contributed by atoms with Gasteiger partial charge in [0.25, 0.3) is 0 Å². The van der Waals surface area contributed by atoms with Gasteiger partial charge >= 0.3 is 0 Å². The van der Waals surface area contributed by atoms with Gasteiger partial charge in [-0.1, -0.05) is 12.8 Å². The number of anilines is 1. The number of nitrogens with zero attached hydrogens (tertiary/aromatic N) is 2. The summed E-state index contributed by atoms with van der Waals surface area (Å²) in [6.45, 7) is 0. The lowest BCUT2D eigenvalue weighted by Crippen LogP contribution is -2.46. The van der Waals surface area contributed by atoms with E-state index in [0.717, 1.165) is 12.8 Å². The molecule has 7 heteroatoms. The van der Waals surface area contributed by atoms with E-state index in [1.807, 2.05) is 0 Å². The number of likely N-dealkylation sites (N-methyl/N-ethyl adjacent to an activating group) is 1. The number of aliphatic hydroxyl groups excluding tert-OH is 1. The molecule has 0 radical (unpaired) electrons. The molecule has 0 bridgehead atoms. The highest BCUT2D eigenvalue weighted by molar-refractivity contribution is 7.89. The zero-order valence-electron chi connectivity index (χ0n) is 11.8. The summed E-state index contributed by atoms with van der Waals surface area (Å²) in [4.78, 5) is 4.21. The summed E-state index contributed by atoms with van der Waals surface area (Å²) in [5.74, 6) is 0.503. The van der Waals surface area contributed by atoms with Crippen LogP contribution in [0.25, 0.3) is 0 Å². The second-order valence-corrected chi connectivity index (χ2v) is 7.06. The molecule has 0 amide bonds. The van der Waals surface area contributed by atoms with Crippen molar-refractivity contribution in [3.05, 3.63) is 18.3 Å². The summed E-state index contributed by atoms with van der Waals surface area (Å²) in [5, 5.41) is 12.8. The van der Waals surface area contributed by atoms with Gasteiger partial charge in [-0.2, -0.15) is 4.31 Å². The van der Waals surface area contributed by atoms with Crippen LogP contribution in [-0.4, -0.2) is 49.1 Å². The number of nitrogens with one attached hydrogen (secondary N) is 1. The molecular weight excluding hydrogens is 278 g/mol. The summed E-state index contributed by atoms with van der Waals surface area (Å²) < 4.78 is 26.5. The van der Waals surface area contributed by atoms with E-state index in [2.05, 4.69) is 10.3 Å². The van der Waals surface area contributed by atoms with E-state index in [1.165, 1.54) is 29.7 Å². The van der Waals surface area contributed by atoms with Gasteiger partial charge in [-0.15, -0.1) is 0 Å². The predicted molar refractivity (Wildman–Crippen MR) is 77.0 cm³/mol. The largest absolute Gasteiger partial charge is 0.391 e. The Morgan fingerprint density at radius 2 is 2.10 bits per heavy atom. The molecule has 0 aromatic carbocycles. The Hall–Kier alpha value is -1.18. The molecule has 2 rings (SSSR count). The van der Waals surface area contributed by atoms with Crippen LogP contribution in [0.3, 0.4) is 0 Å². The number of rotatable bonds is 4.